The Hall–Kier alpha value is -2.96. The number of carbonyl (C=O) groups is 1. The molecule has 0 aliphatic heterocycles. The molecule has 0 spiro atoms. The van der Waals surface area contributed by atoms with Crippen molar-refractivity contribution in [3.8, 4) is 5.75 Å². The van der Waals surface area contributed by atoms with E-state index in [9.17, 15) is 9.90 Å². The maximum Gasteiger partial charge on any atom is 0.227 e. The quantitative estimate of drug-likeness (QED) is 0.275. The summed E-state index contributed by atoms with van der Waals surface area (Å²) in [5, 5.41) is 10.4. The molecule has 0 radical (unpaired) electrons. The molecular formula is C29H38N2O4. The average molecular weight is 479 g/mol. The van der Waals surface area contributed by atoms with E-state index in [4.69, 9.17) is 9.15 Å². The van der Waals surface area contributed by atoms with E-state index in [0.717, 1.165) is 37.1 Å². The third kappa shape index (κ3) is 9.67. The Morgan fingerprint density at radius 2 is 1.74 bits per heavy atom. The molecule has 2 aromatic carbocycles. The molecule has 3 aromatic rings. The fourth-order valence-electron chi connectivity index (χ4n) is 4.02. The molecule has 0 amide bonds. The van der Waals surface area contributed by atoms with Gasteiger partial charge in [0.15, 0.2) is 6.10 Å². The van der Waals surface area contributed by atoms with Crippen LogP contribution in [0.25, 0.3) is 0 Å². The predicted molar refractivity (Wildman–Crippen MR) is 138 cm³/mol. The summed E-state index contributed by atoms with van der Waals surface area (Å²) in [7, 11) is 2.04. The van der Waals surface area contributed by atoms with Crippen LogP contribution in [0.4, 0.5) is 0 Å². The molecule has 0 bridgehead atoms. The number of aldehydes is 1. The molecule has 1 heterocycles. The number of nitrogens with zero attached hydrogens (tertiary/aromatic N) is 2. The van der Waals surface area contributed by atoms with E-state index >= 15 is 0 Å². The van der Waals surface area contributed by atoms with Gasteiger partial charge in [-0.25, -0.2) is 4.98 Å². The number of hydrogen-bond donors (Lipinski definition) is 1. The summed E-state index contributed by atoms with van der Waals surface area (Å²) in [6.07, 6.45) is 12.2. The maximum atomic E-state index is 10.8. The molecule has 35 heavy (non-hydrogen) atoms. The monoisotopic (exact) mass is 478 g/mol. The number of ether oxygens (including phenoxy) is 1. The Morgan fingerprint density at radius 3 is 2.43 bits per heavy atom. The van der Waals surface area contributed by atoms with Gasteiger partial charge in [-0.1, -0.05) is 81.0 Å². The van der Waals surface area contributed by atoms with Crippen molar-refractivity contribution >= 4 is 6.29 Å². The number of aliphatic hydroxyl groups excluding tert-OH is 1. The average Bonchev–Trinajstić information content (AvgIpc) is 3.40. The summed E-state index contributed by atoms with van der Waals surface area (Å²) in [6.45, 7) is 2.28. The van der Waals surface area contributed by atoms with E-state index in [1.165, 1.54) is 38.5 Å². The minimum atomic E-state index is -0.849. The first-order valence-corrected chi connectivity index (χ1v) is 12.7. The molecule has 6 nitrogen and oxygen atoms in total. The van der Waals surface area contributed by atoms with Crippen LogP contribution in [0.3, 0.4) is 0 Å². The lowest BCUT2D eigenvalue weighted by atomic mass is 10.0. The Morgan fingerprint density at radius 1 is 1.03 bits per heavy atom. The van der Waals surface area contributed by atoms with Crippen molar-refractivity contribution < 1.29 is 19.1 Å². The van der Waals surface area contributed by atoms with Crippen molar-refractivity contribution in [3.63, 3.8) is 0 Å². The summed E-state index contributed by atoms with van der Waals surface area (Å²) < 4.78 is 11.4. The fraction of sp³-hybridized carbons (Fsp3) is 0.448. The lowest BCUT2D eigenvalue weighted by Crippen LogP contribution is -2.23. The van der Waals surface area contributed by atoms with Gasteiger partial charge in [-0.2, -0.15) is 0 Å². The highest BCUT2D eigenvalue weighted by Crippen LogP contribution is 2.21. The Kier molecular flexibility index (Phi) is 11.5. The standard InChI is InChI=1S/C23H26N2O4.C6H12/c1-25(12-6-14-28-20-10-5-7-18(15-20)17-26)13-11-21-16-24-23(29-21)22(27)19-8-3-2-4-9-19;1-2-4-6-5-3-1/h2-5,7-10,15-17,22,27H,6,11-14H2,1H3;1-6H2. The van der Waals surface area contributed by atoms with Crippen molar-refractivity contribution in [2.24, 2.45) is 0 Å². The first-order valence-electron chi connectivity index (χ1n) is 12.7. The SMILES string of the molecule is C1CCCCC1.CN(CCCOc1cccc(C=O)c1)CCc1cnc(C(O)c2ccccc2)o1. The van der Waals surface area contributed by atoms with Gasteiger partial charge < -0.3 is 19.2 Å². The van der Waals surface area contributed by atoms with Gasteiger partial charge in [0.05, 0.1) is 12.8 Å². The van der Waals surface area contributed by atoms with Crippen LogP contribution in [0.1, 0.15) is 78.6 Å². The van der Waals surface area contributed by atoms with Gasteiger partial charge in [-0.15, -0.1) is 0 Å². The van der Waals surface area contributed by atoms with Gasteiger partial charge in [0.2, 0.25) is 5.89 Å². The van der Waals surface area contributed by atoms with Crippen LogP contribution in [0.2, 0.25) is 0 Å². The van der Waals surface area contributed by atoms with Crippen LogP contribution in [0.15, 0.2) is 65.2 Å². The summed E-state index contributed by atoms with van der Waals surface area (Å²) >= 11 is 0. The number of rotatable bonds is 11. The zero-order valence-corrected chi connectivity index (χ0v) is 20.8. The molecule has 6 heteroatoms. The number of aromatic nitrogens is 1. The van der Waals surface area contributed by atoms with Crippen LogP contribution in [0, 0.1) is 0 Å². The van der Waals surface area contributed by atoms with Crippen molar-refractivity contribution in [1.29, 1.82) is 0 Å². The van der Waals surface area contributed by atoms with E-state index < -0.39 is 6.10 Å². The van der Waals surface area contributed by atoms with E-state index in [1.807, 2.05) is 49.5 Å². The smallest absolute Gasteiger partial charge is 0.227 e. The molecule has 1 N–H and O–H groups in total. The summed E-state index contributed by atoms with van der Waals surface area (Å²) in [4.78, 5) is 17.2. The molecule has 1 aliphatic rings. The normalized spacial score (nSPS) is 14.1. The van der Waals surface area contributed by atoms with Gasteiger partial charge in [0, 0.05) is 25.1 Å². The summed E-state index contributed by atoms with van der Waals surface area (Å²) in [5.41, 5.74) is 1.38. The Bertz CT molecular complexity index is 974. The lowest BCUT2D eigenvalue weighted by molar-refractivity contribution is 0.112. The van der Waals surface area contributed by atoms with Crippen molar-refractivity contribution in [1.82, 2.24) is 9.88 Å². The van der Waals surface area contributed by atoms with E-state index in [-0.39, 0.29) is 0 Å². The minimum Gasteiger partial charge on any atom is -0.494 e. The van der Waals surface area contributed by atoms with E-state index in [2.05, 4.69) is 9.88 Å². The number of aliphatic hydroxyl groups is 1. The molecule has 1 unspecified atom stereocenters. The summed E-state index contributed by atoms with van der Waals surface area (Å²) in [5.74, 6) is 1.78. The van der Waals surface area contributed by atoms with Crippen LogP contribution in [0.5, 0.6) is 5.75 Å². The molecule has 1 saturated carbocycles. The summed E-state index contributed by atoms with van der Waals surface area (Å²) in [6, 6.07) is 16.5. The highest BCUT2D eigenvalue weighted by atomic mass is 16.5. The number of likely N-dealkylation sites (N-methyl/N-ethyl adjacent to an activating group) is 1. The molecule has 1 aromatic heterocycles. The number of oxazole rings is 1. The van der Waals surface area contributed by atoms with Crippen LogP contribution >= 0.6 is 0 Å². The molecule has 1 fully saturated rings. The van der Waals surface area contributed by atoms with E-state index in [0.29, 0.717) is 30.2 Å². The largest absolute Gasteiger partial charge is 0.494 e. The maximum absolute atomic E-state index is 10.8. The second-order valence-electron chi connectivity index (χ2n) is 9.04. The molecule has 1 aliphatic carbocycles. The van der Waals surface area contributed by atoms with Crippen LogP contribution in [-0.4, -0.2) is 48.0 Å². The molecule has 4 rings (SSSR count). The number of benzene rings is 2. The first kappa shape index (κ1) is 26.6. The Balaban J connectivity index is 0.000000497. The van der Waals surface area contributed by atoms with Gasteiger partial charge in [0.1, 0.15) is 17.8 Å². The van der Waals surface area contributed by atoms with Crippen molar-refractivity contribution in [3.05, 3.63) is 83.6 Å². The molecule has 188 valence electrons. The number of carbonyl (C=O) groups excluding carboxylic acids is 1. The lowest BCUT2D eigenvalue weighted by Gasteiger charge is -2.16. The first-order chi connectivity index (χ1) is 17.2. The van der Waals surface area contributed by atoms with Crippen LogP contribution in [-0.2, 0) is 6.42 Å². The highest BCUT2D eigenvalue weighted by Gasteiger charge is 2.16. The molecule has 1 atom stereocenters. The van der Waals surface area contributed by atoms with Crippen molar-refractivity contribution in [2.75, 3.05) is 26.7 Å². The third-order valence-electron chi connectivity index (χ3n) is 6.11. The van der Waals surface area contributed by atoms with Crippen molar-refractivity contribution in [2.45, 2.75) is 57.5 Å². The van der Waals surface area contributed by atoms with Gasteiger partial charge in [0.25, 0.3) is 0 Å². The fourth-order valence-corrected chi connectivity index (χ4v) is 4.02. The third-order valence-corrected chi connectivity index (χ3v) is 6.11. The van der Waals surface area contributed by atoms with Gasteiger partial charge >= 0.3 is 0 Å². The predicted octanol–water partition coefficient (Wildman–Crippen LogP) is 5.85. The molecular weight excluding hydrogens is 440 g/mol. The van der Waals surface area contributed by atoms with Gasteiger partial charge in [-0.3, -0.25) is 4.79 Å². The second kappa shape index (κ2) is 15.1. The van der Waals surface area contributed by atoms with E-state index in [1.54, 1.807) is 18.3 Å². The minimum absolute atomic E-state index is 0.319. The van der Waals surface area contributed by atoms with Crippen LogP contribution < -0.4 is 4.74 Å². The highest BCUT2D eigenvalue weighted by molar-refractivity contribution is 5.75. The Labute approximate surface area is 208 Å². The molecule has 0 saturated heterocycles. The second-order valence-corrected chi connectivity index (χ2v) is 9.04. The number of hydrogen-bond acceptors (Lipinski definition) is 6. The van der Waals surface area contributed by atoms with Gasteiger partial charge in [-0.05, 0) is 31.2 Å². The topological polar surface area (TPSA) is 75.8 Å². The zero-order chi connectivity index (χ0) is 24.7. The zero-order valence-electron chi connectivity index (χ0n) is 20.8.